The maximum absolute atomic E-state index is 12.4. The number of benzene rings is 1. The number of nitrogens with zero attached hydrogens (tertiary/aromatic N) is 6. The number of hydrogen-bond acceptors (Lipinski definition) is 8. The van der Waals surface area contributed by atoms with Crippen LogP contribution in [0.2, 0.25) is 0 Å². The minimum absolute atomic E-state index is 0.124. The highest BCUT2D eigenvalue weighted by Crippen LogP contribution is 2.28. The molecule has 154 valence electrons. The number of hydrogen-bond donors (Lipinski definition) is 1. The molecule has 0 fully saturated rings. The minimum Gasteiger partial charge on any atom is -0.300 e. The SMILES string of the molecule is Cc1ccc(CSc2nnc(NC(=O)CCn3cnc4c(cnn4C)c3=O)s2)cc1. The average molecular weight is 442 g/mol. The van der Waals surface area contributed by atoms with Gasteiger partial charge < -0.3 is 5.32 Å². The highest BCUT2D eigenvalue weighted by Gasteiger charge is 2.12. The fraction of sp³-hybridized carbons (Fsp3) is 0.263. The van der Waals surface area contributed by atoms with Crippen molar-refractivity contribution in [1.29, 1.82) is 0 Å². The van der Waals surface area contributed by atoms with Gasteiger partial charge in [0.25, 0.3) is 5.56 Å². The first kappa shape index (κ1) is 20.2. The molecule has 0 spiro atoms. The standard InChI is InChI=1S/C19H19N7O2S2/c1-12-3-5-13(6-4-12)10-29-19-24-23-18(30-19)22-15(27)7-8-26-11-20-16-14(17(26)28)9-21-25(16)2/h3-6,9,11H,7-8,10H2,1-2H3,(H,22,23,27). The second-order valence-corrected chi connectivity index (χ2v) is 8.89. The Morgan fingerprint density at radius 1 is 1.23 bits per heavy atom. The molecule has 4 aromatic rings. The third-order valence-electron chi connectivity index (χ3n) is 4.43. The van der Waals surface area contributed by atoms with Gasteiger partial charge in [0.1, 0.15) is 5.39 Å². The van der Waals surface area contributed by atoms with Crippen LogP contribution in [0.15, 0.2) is 45.9 Å². The number of rotatable bonds is 7. The van der Waals surface area contributed by atoms with Gasteiger partial charge in [-0.15, -0.1) is 10.2 Å². The molecule has 0 unspecified atom stereocenters. The molecule has 0 atom stereocenters. The molecule has 1 N–H and O–H groups in total. The van der Waals surface area contributed by atoms with Gasteiger partial charge in [0, 0.05) is 25.8 Å². The highest BCUT2D eigenvalue weighted by molar-refractivity contribution is 8.00. The molecular formula is C19H19N7O2S2. The summed E-state index contributed by atoms with van der Waals surface area (Å²) in [5, 5.41) is 15.8. The molecule has 11 heteroatoms. The lowest BCUT2D eigenvalue weighted by Crippen LogP contribution is -2.23. The van der Waals surface area contributed by atoms with Crippen LogP contribution in [0.1, 0.15) is 17.5 Å². The van der Waals surface area contributed by atoms with Crippen LogP contribution in [0.3, 0.4) is 0 Å². The minimum atomic E-state index is -0.237. The van der Waals surface area contributed by atoms with Crippen LogP contribution in [-0.4, -0.2) is 35.4 Å². The molecule has 4 rings (SSSR count). The van der Waals surface area contributed by atoms with Crippen molar-refractivity contribution in [3.05, 3.63) is 58.3 Å². The first-order valence-corrected chi connectivity index (χ1v) is 11.0. The molecule has 1 amide bonds. The zero-order chi connectivity index (χ0) is 21.1. The van der Waals surface area contributed by atoms with E-state index in [0.717, 1.165) is 10.1 Å². The van der Waals surface area contributed by atoms with Gasteiger partial charge >= 0.3 is 0 Å². The molecule has 3 aromatic heterocycles. The molecule has 0 aliphatic rings. The second kappa shape index (κ2) is 8.76. The van der Waals surface area contributed by atoms with E-state index in [9.17, 15) is 9.59 Å². The molecule has 9 nitrogen and oxygen atoms in total. The Bertz CT molecular complexity index is 1240. The van der Waals surface area contributed by atoms with E-state index in [1.165, 1.54) is 44.2 Å². The van der Waals surface area contributed by atoms with E-state index < -0.39 is 0 Å². The van der Waals surface area contributed by atoms with Crippen LogP contribution in [0, 0.1) is 6.92 Å². The van der Waals surface area contributed by atoms with Crippen molar-refractivity contribution in [3.63, 3.8) is 0 Å². The van der Waals surface area contributed by atoms with Crippen LogP contribution >= 0.6 is 23.1 Å². The number of amides is 1. The maximum Gasteiger partial charge on any atom is 0.264 e. The van der Waals surface area contributed by atoms with Crippen LogP contribution in [-0.2, 0) is 24.1 Å². The number of carbonyl (C=O) groups excluding carboxylic acids is 1. The summed E-state index contributed by atoms with van der Waals surface area (Å²) in [6.45, 7) is 2.27. The summed E-state index contributed by atoms with van der Waals surface area (Å²) in [5.41, 5.74) is 2.73. The lowest BCUT2D eigenvalue weighted by atomic mass is 10.2. The lowest BCUT2D eigenvalue weighted by molar-refractivity contribution is -0.116. The average Bonchev–Trinajstić information content (AvgIpc) is 3.34. The van der Waals surface area contributed by atoms with Crippen molar-refractivity contribution < 1.29 is 4.79 Å². The summed E-state index contributed by atoms with van der Waals surface area (Å²) in [7, 11) is 1.72. The van der Waals surface area contributed by atoms with E-state index in [-0.39, 0.29) is 24.4 Å². The monoisotopic (exact) mass is 441 g/mol. The molecular weight excluding hydrogens is 422 g/mol. The number of thioether (sulfide) groups is 1. The topological polar surface area (TPSA) is 108 Å². The van der Waals surface area contributed by atoms with E-state index in [1.807, 2.05) is 0 Å². The summed E-state index contributed by atoms with van der Waals surface area (Å²) < 4.78 is 3.73. The largest absolute Gasteiger partial charge is 0.300 e. The first-order chi connectivity index (χ1) is 14.5. The number of fused-ring (bicyclic) bond motifs is 1. The number of carbonyl (C=O) groups is 1. The predicted molar refractivity (Wildman–Crippen MR) is 117 cm³/mol. The molecule has 0 radical (unpaired) electrons. The fourth-order valence-electron chi connectivity index (χ4n) is 2.78. The van der Waals surface area contributed by atoms with E-state index in [1.54, 1.807) is 18.8 Å². The number of anilines is 1. The van der Waals surface area contributed by atoms with Crippen molar-refractivity contribution in [2.45, 2.75) is 30.0 Å². The number of aryl methyl sites for hydroxylation is 3. The lowest BCUT2D eigenvalue weighted by Gasteiger charge is -2.05. The molecule has 0 saturated carbocycles. The molecule has 0 saturated heterocycles. The fourth-order valence-corrected chi connectivity index (χ4v) is 4.50. The van der Waals surface area contributed by atoms with Crippen molar-refractivity contribution in [3.8, 4) is 0 Å². The van der Waals surface area contributed by atoms with Crippen LogP contribution in [0.4, 0.5) is 5.13 Å². The Morgan fingerprint density at radius 3 is 2.83 bits per heavy atom. The summed E-state index contributed by atoms with van der Waals surface area (Å²) in [6.07, 6.45) is 3.04. The molecule has 0 aliphatic carbocycles. The van der Waals surface area contributed by atoms with E-state index in [0.29, 0.717) is 16.2 Å². The zero-order valence-electron chi connectivity index (χ0n) is 16.4. The Labute approximate surface area is 180 Å². The van der Waals surface area contributed by atoms with Crippen molar-refractivity contribution in [2.24, 2.45) is 7.05 Å². The molecule has 3 heterocycles. The summed E-state index contributed by atoms with van der Waals surface area (Å²) in [4.78, 5) is 28.9. The Balaban J connectivity index is 1.31. The van der Waals surface area contributed by atoms with Gasteiger partial charge in [-0.05, 0) is 12.5 Å². The summed E-state index contributed by atoms with van der Waals surface area (Å²) in [5.74, 6) is 0.551. The van der Waals surface area contributed by atoms with Crippen LogP contribution < -0.4 is 10.9 Å². The Morgan fingerprint density at radius 2 is 2.03 bits per heavy atom. The number of nitrogens with one attached hydrogen (secondary N) is 1. The third kappa shape index (κ3) is 4.57. The third-order valence-corrected chi connectivity index (χ3v) is 6.48. The van der Waals surface area contributed by atoms with Crippen LogP contribution in [0.25, 0.3) is 11.0 Å². The van der Waals surface area contributed by atoms with E-state index in [4.69, 9.17) is 0 Å². The Hall–Kier alpha value is -3.05. The molecule has 30 heavy (non-hydrogen) atoms. The van der Waals surface area contributed by atoms with Gasteiger partial charge in [-0.2, -0.15) is 5.10 Å². The first-order valence-electron chi connectivity index (χ1n) is 9.18. The predicted octanol–water partition coefficient (Wildman–Crippen LogP) is 2.61. The second-order valence-electron chi connectivity index (χ2n) is 6.69. The molecule has 0 aliphatic heterocycles. The van der Waals surface area contributed by atoms with E-state index >= 15 is 0 Å². The van der Waals surface area contributed by atoms with Crippen molar-refractivity contribution in [2.75, 3.05) is 5.32 Å². The van der Waals surface area contributed by atoms with Crippen molar-refractivity contribution in [1.82, 2.24) is 29.5 Å². The van der Waals surface area contributed by atoms with Gasteiger partial charge in [0.2, 0.25) is 11.0 Å². The highest BCUT2D eigenvalue weighted by atomic mass is 32.2. The van der Waals surface area contributed by atoms with Gasteiger partial charge in [-0.3, -0.25) is 18.8 Å². The van der Waals surface area contributed by atoms with Crippen LogP contribution in [0.5, 0.6) is 0 Å². The van der Waals surface area contributed by atoms with Gasteiger partial charge in [-0.1, -0.05) is 52.9 Å². The van der Waals surface area contributed by atoms with Gasteiger partial charge in [0.15, 0.2) is 9.99 Å². The summed E-state index contributed by atoms with van der Waals surface area (Å²) in [6, 6.07) is 8.33. The summed E-state index contributed by atoms with van der Waals surface area (Å²) >= 11 is 2.90. The Kier molecular flexibility index (Phi) is 5.91. The van der Waals surface area contributed by atoms with Crippen molar-refractivity contribution >= 4 is 45.2 Å². The zero-order valence-corrected chi connectivity index (χ0v) is 18.0. The quantitative estimate of drug-likeness (QED) is 0.347. The van der Waals surface area contributed by atoms with E-state index in [2.05, 4.69) is 56.8 Å². The number of aromatic nitrogens is 6. The smallest absolute Gasteiger partial charge is 0.264 e. The van der Waals surface area contributed by atoms with Gasteiger partial charge in [-0.25, -0.2) is 4.98 Å². The molecule has 0 bridgehead atoms. The van der Waals surface area contributed by atoms with Gasteiger partial charge in [0.05, 0.1) is 12.5 Å². The molecule has 1 aromatic carbocycles. The normalized spacial score (nSPS) is 11.1. The maximum atomic E-state index is 12.4.